The molecule has 0 spiro atoms. The van der Waals surface area contributed by atoms with Gasteiger partial charge in [-0.05, 0) is 49.3 Å². The molecule has 0 radical (unpaired) electrons. The van der Waals surface area contributed by atoms with Crippen molar-refractivity contribution in [1.82, 2.24) is 5.32 Å². The van der Waals surface area contributed by atoms with Crippen molar-refractivity contribution < 1.29 is 19.4 Å². The number of hydrogen-bond acceptors (Lipinski definition) is 3. The lowest BCUT2D eigenvalue weighted by atomic mass is 9.63. The van der Waals surface area contributed by atoms with Crippen LogP contribution in [0.2, 0.25) is 0 Å². The summed E-state index contributed by atoms with van der Waals surface area (Å²) in [4.78, 5) is 24.4. The predicted molar refractivity (Wildman–Crippen MR) is 92.3 cm³/mol. The number of methoxy groups -OCH3 is 1. The monoisotopic (exact) mass is 333 g/mol. The first-order valence-corrected chi connectivity index (χ1v) is 8.49. The first kappa shape index (κ1) is 18.3. The van der Waals surface area contributed by atoms with Crippen LogP contribution < -0.4 is 10.1 Å². The molecule has 0 saturated heterocycles. The molecule has 0 unspecified atom stereocenters. The minimum Gasteiger partial charge on any atom is -0.496 e. The fraction of sp³-hybridized carbons (Fsp3) is 0.579. The Bertz CT molecular complexity index is 620. The van der Waals surface area contributed by atoms with Crippen molar-refractivity contribution in [1.29, 1.82) is 0 Å². The second kappa shape index (κ2) is 7.24. The summed E-state index contributed by atoms with van der Waals surface area (Å²) in [7, 11) is 1.61. The molecule has 5 heteroatoms. The van der Waals surface area contributed by atoms with Crippen molar-refractivity contribution in [2.24, 2.45) is 5.92 Å². The summed E-state index contributed by atoms with van der Waals surface area (Å²) >= 11 is 0. The van der Waals surface area contributed by atoms with E-state index in [-0.39, 0.29) is 11.8 Å². The van der Waals surface area contributed by atoms with Crippen molar-refractivity contribution in [3.8, 4) is 5.75 Å². The molecule has 1 aromatic carbocycles. The first-order valence-electron chi connectivity index (χ1n) is 8.49. The summed E-state index contributed by atoms with van der Waals surface area (Å²) in [6, 6.07) is 4.97. The highest BCUT2D eigenvalue weighted by Gasteiger charge is 2.46. The topological polar surface area (TPSA) is 75.6 Å². The van der Waals surface area contributed by atoms with E-state index in [9.17, 15) is 14.7 Å². The highest BCUT2D eigenvalue weighted by atomic mass is 16.5. The molecule has 132 valence electrons. The number of aryl methyl sites for hydroxylation is 1. The van der Waals surface area contributed by atoms with Crippen LogP contribution in [0.25, 0.3) is 0 Å². The molecule has 0 bridgehead atoms. The standard InChI is InChI=1S/C19H27NO4/c1-12(2)10-15(17(21)22)20-18(23)19(8-5-9-19)14-7-6-13(3)16(11-14)24-4/h6-7,11-12,15H,5,8-10H2,1-4H3,(H,20,23)(H,21,22)/t15-/m1/s1. The molecule has 1 saturated carbocycles. The average molecular weight is 333 g/mol. The van der Waals surface area contributed by atoms with Crippen molar-refractivity contribution >= 4 is 11.9 Å². The fourth-order valence-corrected chi connectivity index (χ4v) is 3.28. The average Bonchev–Trinajstić information content (AvgIpc) is 2.46. The van der Waals surface area contributed by atoms with Crippen LogP contribution in [0.15, 0.2) is 18.2 Å². The van der Waals surface area contributed by atoms with Crippen molar-refractivity contribution in [3.63, 3.8) is 0 Å². The summed E-state index contributed by atoms with van der Waals surface area (Å²) in [6.45, 7) is 5.86. The number of nitrogens with one attached hydrogen (secondary N) is 1. The Labute approximate surface area is 143 Å². The molecule has 2 N–H and O–H groups in total. The van der Waals surface area contributed by atoms with E-state index in [4.69, 9.17) is 4.74 Å². The van der Waals surface area contributed by atoms with Gasteiger partial charge in [-0.2, -0.15) is 0 Å². The van der Waals surface area contributed by atoms with Gasteiger partial charge in [0.1, 0.15) is 11.8 Å². The number of benzene rings is 1. The van der Waals surface area contributed by atoms with E-state index < -0.39 is 17.4 Å². The maximum Gasteiger partial charge on any atom is 0.326 e. The quantitative estimate of drug-likeness (QED) is 0.804. The molecule has 0 heterocycles. The number of aliphatic carboxylic acids is 1. The predicted octanol–water partition coefficient (Wildman–Crippen LogP) is 3.04. The highest BCUT2D eigenvalue weighted by Crippen LogP contribution is 2.45. The third-order valence-corrected chi connectivity index (χ3v) is 4.91. The van der Waals surface area contributed by atoms with Gasteiger partial charge >= 0.3 is 5.97 Å². The van der Waals surface area contributed by atoms with Gasteiger partial charge in [0.05, 0.1) is 12.5 Å². The zero-order chi connectivity index (χ0) is 17.9. The van der Waals surface area contributed by atoms with Crippen LogP contribution >= 0.6 is 0 Å². The molecule has 1 fully saturated rings. The smallest absolute Gasteiger partial charge is 0.326 e. The largest absolute Gasteiger partial charge is 0.496 e. The van der Waals surface area contributed by atoms with E-state index in [0.29, 0.717) is 6.42 Å². The van der Waals surface area contributed by atoms with Crippen LogP contribution in [0.1, 0.15) is 50.7 Å². The van der Waals surface area contributed by atoms with Gasteiger partial charge in [-0.25, -0.2) is 4.79 Å². The van der Waals surface area contributed by atoms with Crippen LogP contribution in [0.4, 0.5) is 0 Å². The fourth-order valence-electron chi connectivity index (χ4n) is 3.28. The maximum absolute atomic E-state index is 12.9. The van der Waals surface area contributed by atoms with Crippen LogP contribution in [0.3, 0.4) is 0 Å². The number of hydrogen-bond donors (Lipinski definition) is 2. The van der Waals surface area contributed by atoms with Crippen molar-refractivity contribution in [2.75, 3.05) is 7.11 Å². The number of carbonyl (C=O) groups excluding carboxylic acids is 1. The minimum absolute atomic E-state index is 0.187. The second-order valence-corrected chi connectivity index (χ2v) is 7.11. The normalized spacial score (nSPS) is 17.0. The molecular weight excluding hydrogens is 306 g/mol. The number of ether oxygens (including phenoxy) is 1. The molecule has 0 aromatic heterocycles. The van der Waals surface area contributed by atoms with Crippen LogP contribution in [-0.4, -0.2) is 30.1 Å². The van der Waals surface area contributed by atoms with E-state index in [1.165, 1.54) is 0 Å². The molecular formula is C19H27NO4. The second-order valence-electron chi connectivity index (χ2n) is 7.11. The van der Waals surface area contributed by atoms with Crippen molar-refractivity contribution in [2.45, 2.75) is 57.9 Å². The van der Waals surface area contributed by atoms with Crippen molar-refractivity contribution in [3.05, 3.63) is 29.3 Å². The summed E-state index contributed by atoms with van der Waals surface area (Å²) < 4.78 is 5.38. The Morgan fingerprint density at radius 2 is 2.00 bits per heavy atom. The molecule has 24 heavy (non-hydrogen) atoms. The van der Waals surface area contributed by atoms with E-state index in [2.05, 4.69) is 5.32 Å². The number of carboxylic acids is 1. The van der Waals surface area contributed by atoms with Crippen LogP contribution in [-0.2, 0) is 15.0 Å². The zero-order valence-electron chi connectivity index (χ0n) is 14.9. The lowest BCUT2D eigenvalue weighted by molar-refractivity contribution is -0.144. The molecule has 1 atom stereocenters. The third kappa shape index (κ3) is 3.55. The molecule has 1 aromatic rings. The zero-order valence-corrected chi connectivity index (χ0v) is 14.9. The highest BCUT2D eigenvalue weighted by molar-refractivity contribution is 5.92. The van der Waals surface area contributed by atoms with E-state index in [0.717, 1.165) is 36.1 Å². The molecule has 0 aliphatic heterocycles. The van der Waals surface area contributed by atoms with Gasteiger partial charge in [0.15, 0.2) is 0 Å². The molecule has 1 aliphatic rings. The Morgan fingerprint density at radius 3 is 2.46 bits per heavy atom. The van der Waals surface area contributed by atoms with Gasteiger partial charge in [0, 0.05) is 0 Å². The van der Waals surface area contributed by atoms with Gasteiger partial charge in [-0.15, -0.1) is 0 Å². The van der Waals surface area contributed by atoms with Gasteiger partial charge in [0.25, 0.3) is 0 Å². The molecule has 1 amide bonds. The Kier molecular flexibility index (Phi) is 5.52. The Balaban J connectivity index is 2.26. The van der Waals surface area contributed by atoms with Gasteiger partial charge in [-0.1, -0.05) is 32.4 Å². The van der Waals surface area contributed by atoms with Crippen LogP contribution in [0, 0.1) is 12.8 Å². The molecule has 2 rings (SSSR count). The van der Waals surface area contributed by atoms with E-state index >= 15 is 0 Å². The SMILES string of the molecule is COc1cc(C2(C(=O)N[C@H](CC(C)C)C(=O)O)CCC2)ccc1C. The van der Waals surface area contributed by atoms with E-state index in [1.807, 2.05) is 39.0 Å². The van der Waals surface area contributed by atoms with Gasteiger partial charge in [0.2, 0.25) is 5.91 Å². The summed E-state index contributed by atoms with van der Waals surface area (Å²) in [5.41, 5.74) is 1.29. The van der Waals surface area contributed by atoms with E-state index in [1.54, 1.807) is 7.11 Å². The maximum atomic E-state index is 12.9. The number of carbonyl (C=O) groups is 2. The lowest BCUT2D eigenvalue weighted by Crippen LogP contribution is -2.54. The molecule has 5 nitrogen and oxygen atoms in total. The number of rotatable bonds is 7. The summed E-state index contributed by atoms with van der Waals surface area (Å²) in [6.07, 6.45) is 2.86. The summed E-state index contributed by atoms with van der Waals surface area (Å²) in [5.74, 6) is -0.215. The summed E-state index contributed by atoms with van der Waals surface area (Å²) in [5, 5.41) is 12.1. The molecule has 1 aliphatic carbocycles. The Hall–Kier alpha value is -2.04. The van der Waals surface area contributed by atoms with Gasteiger partial charge < -0.3 is 15.2 Å². The minimum atomic E-state index is -0.979. The lowest BCUT2D eigenvalue weighted by Gasteiger charge is -2.41. The first-order chi connectivity index (χ1) is 11.3. The van der Waals surface area contributed by atoms with Gasteiger partial charge in [-0.3, -0.25) is 4.79 Å². The number of carboxylic acid groups (broad SMARTS) is 1. The van der Waals surface area contributed by atoms with Crippen LogP contribution in [0.5, 0.6) is 5.75 Å². The number of amides is 1. The Morgan fingerprint density at radius 1 is 1.33 bits per heavy atom. The third-order valence-electron chi connectivity index (χ3n) is 4.91.